The molecule has 0 radical (unpaired) electrons. The van der Waals surface area contributed by atoms with Crippen LogP contribution in [-0.4, -0.2) is 288 Å². The van der Waals surface area contributed by atoms with Crippen molar-refractivity contribution in [2.24, 2.45) is 32.5 Å². The van der Waals surface area contributed by atoms with E-state index in [9.17, 15) is 86.3 Å². The lowest BCUT2D eigenvalue weighted by molar-refractivity contribution is -0.161. The molecule has 0 aliphatic carbocycles. The number of hydrogen-bond acceptors (Lipinski definition) is 30. The summed E-state index contributed by atoms with van der Waals surface area (Å²) in [6, 6.07) is 18.6. The van der Waals surface area contributed by atoms with Gasteiger partial charge in [0.15, 0.2) is 34.7 Å². The fourth-order valence-electron chi connectivity index (χ4n) is 15.8. The minimum absolute atomic E-state index is 0.00902. The SMILES string of the molecule is C=CCOC(=O)C1(C)CN(C(=O)OC(C)(C)C)CCCC1=O.C=CCOC(=O)C1(C)CN(C(=O)OC(C)(C)C)CCCC1=O.C=CCOC(=O)C1(C)CN(C(=O)OC(C)(C)C)CCCC1=O.C=CCOC(=O)C1(CC(=C)Cl)CN(C(=O)OC(C)(C)C)CCCC1=O.C=CCOC(=O)C1(Cc2ccccc2)CN(C(=O)OC(C)(C)C)CCCC1=O.C=CCOC(=O)C1(Cc2ccccc2)CN(C(=O)OC(C)(C)C)CCCC1=O. The maximum Gasteiger partial charge on any atom is 0.410 e. The van der Waals surface area contributed by atoms with E-state index in [2.05, 4.69) is 46.1 Å². The fraction of sp³-hybridized carbons (Fsp3) is 0.600. The molecule has 147 heavy (non-hydrogen) atoms. The molecule has 0 bridgehead atoms. The second-order valence-electron chi connectivity index (χ2n) is 43.2. The molecule has 6 saturated heterocycles. The summed E-state index contributed by atoms with van der Waals surface area (Å²) in [6.07, 6.45) is 9.83. The van der Waals surface area contributed by atoms with Crippen molar-refractivity contribution in [3.8, 4) is 0 Å². The Bertz CT molecular complexity index is 4640. The number of esters is 6. The van der Waals surface area contributed by atoms with Crippen LogP contribution < -0.4 is 0 Å². The standard InChI is InChI=1S/2C22H29NO5.C18H26ClNO5.3C16H25NO5/c2*1-5-14-27-19(25)22(15-17-10-7-6-8-11-17)16-23(13-9-12-18(22)24)20(26)28-21(2,3)4;1-6-10-24-15(22)18(11-13(2)19)12-20(9-7-8-14(18)21)16(23)25-17(3,4)5;3*1-6-10-21-13(19)16(5)11-17(9-7-8-12(16)18)14(20)22-15(2,3)4/h2*5-8,10-11H,1,9,12-16H2,2-4H3;6H,1-2,7-12H2,3-5H3;3*6H,1,7-11H2,2-5H3. The van der Waals surface area contributed by atoms with Crippen LogP contribution >= 0.6 is 11.6 Å². The van der Waals surface area contributed by atoms with Gasteiger partial charge < -0.3 is 86.2 Å². The zero-order valence-corrected chi connectivity index (χ0v) is 91.1. The third-order valence-corrected chi connectivity index (χ3v) is 23.1. The first kappa shape index (κ1) is 129. The Hall–Kier alpha value is -12.6. The monoisotopic (exact) mass is 2080 g/mol. The van der Waals surface area contributed by atoms with Gasteiger partial charge in [-0.15, -0.1) is 0 Å². The van der Waals surface area contributed by atoms with Crippen LogP contribution in [-0.2, 0) is 127 Å². The second kappa shape index (κ2) is 57.6. The number of benzene rings is 2. The Morgan fingerprint density at radius 2 is 0.463 bits per heavy atom. The van der Waals surface area contributed by atoms with E-state index in [-0.39, 0.29) is 176 Å². The third kappa shape index (κ3) is 41.9. The highest BCUT2D eigenvalue weighted by atomic mass is 35.5. The van der Waals surface area contributed by atoms with Crippen molar-refractivity contribution in [2.45, 2.75) is 275 Å². The van der Waals surface area contributed by atoms with E-state index in [1.54, 1.807) is 125 Å². The number of likely N-dealkylation sites (tertiary alicyclic amines) is 6. The largest absolute Gasteiger partial charge is 0.461 e. The molecule has 816 valence electrons. The maximum absolute atomic E-state index is 13.1. The van der Waals surface area contributed by atoms with Gasteiger partial charge in [-0.05, 0) is 208 Å². The van der Waals surface area contributed by atoms with Crippen molar-refractivity contribution in [3.63, 3.8) is 0 Å². The summed E-state index contributed by atoms with van der Waals surface area (Å²) in [5.41, 5.74) is -10.8. The van der Waals surface area contributed by atoms with Gasteiger partial charge in [0.05, 0.1) is 0 Å². The first-order valence-corrected chi connectivity index (χ1v) is 49.7. The number of nitrogens with zero attached hydrogens (tertiary/aromatic N) is 6. The predicted octanol–water partition coefficient (Wildman–Crippen LogP) is 17.5. The zero-order valence-electron chi connectivity index (χ0n) is 90.3. The number of amides is 6. The highest BCUT2D eigenvalue weighted by Gasteiger charge is 2.56. The van der Waals surface area contributed by atoms with E-state index in [4.69, 9.17) is 68.4 Å². The Morgan fingerprint density at radius 3 is 0.660 bits per heavy atom. The van der Waals surface area contributed by atoms with Gasteiger partial charge in [-0.25, -0.2) is 28.8 Å². The molecule has 8 rings (SSSR count). The molecule has 6 aliphatic heterocycles. The average Bonchev–Trinajstić information content (AvgIpc) is 1.75. The van der Waals surface area contributed by atoms with E-state index in [1.807, 2.05) is 60.7 Å². The molecule has 0 aromatic heterocycles. The molecule has 0 spiro atoms. The Kier molecular flexibility index (Phi) is 50.4. The number of halogens is 1. The smallest absolute Gasteiger partial charge is 0.410 e. The van der Waals surface area contributed by atoms with Gasteiger partial charge in [-0.1, -0.05) is 155 Å². The molecule has 0 saturated carbocycles. The maximum atomic E-state index is 13.1. The number of carbonyl (C=O) groups is 18. The number of allylic oxidation sites excluding steroid dienone is 1. The van der Waals surface area contributed by atoms with Crippen molar-refractivity contribution in [1.82, 2.24) is 29.4 Å². The lowest BCUT2D eigenvalue weighted by atomic mass is 9.76. The van der Waals surface area contributed by atoms with Crippen molar-refractivity contribution in [2.75, 3.05) is 118 Å². The number of carbonyl (C=O) groups excluding carboxylic acids is 18. The molecule has 6 heterocycles. The van der Waals surface area contributed by atoms with Crippen LogP contribution in [0.5, 0.6) is 0 Å². The Balaban J connectivity index is 0.000000455. The van der Waals surface area contributed by atoms with E-state index >= 15 is 0 Å². The van der Waals surface area contributed by atoms with Crippen molar-refractivity contribution in [1.29, 1.82) is 0 Å². The Labute approximate surface area is 872 Å². The van der Waals surface area contributed by atoms with Gasteiger partial charge in [0.2, 0.25) is 0 Å². The van der Waals surface area contributed by atoms with E-state index in [0.717, 1.165) is 11.1 Å². The van der Waals surface area contributed by atoms with Crippen LogP contribution in [0.4, 0.5) is 28.8 Å². The lowest BCUT2D eigenvalue weighted by Gasteiger charge is -2.34. The molecule has 2 aromatic carbocycles. The molecule has 36 nitrogen and oxygen atoms in total. The number of ether oxygens (including phenoxy) is 12. The highest BCUT2D eigenvalue weighted by Crippen LogP contribution is 2.40. The van der Waals surface area contributed by atoms with Crippen molar-refractivity contribution in [3.05, 3.63) is 159 Å². The van der Waals surface area contributed by atoms with Crippen molar-refractivity contribution < 1.29 is 143 Å². The van der Waals surface area contributed by atoms with E-state index in [1.165, 1.54) is 86.6 Å². The normalized spacial score (nSPS) is 21.5. The van der Waals surface area contributed by atoms with Gasteiger partial charge in [0.1, 0.15) is 106 Å². The van der Waals surface area contributed by atoms with Crippen LogP contribution in [0.15, 0.2) is 148 Å². The molecule has 0 N–H and O–H groups in total. The topological polar surface area (TPSA) is 437 Å². The molecule has 6 unspecified atom stereocenters. The Morgan fingerprint density at radius 1 is 0.286 bits per heavy atom. The second-order valence-corrected chi connectivity index (χ2v) is 43.7. The van der Waals surface area contributed by atoms with Crippen LogP contribution in [0, 0.1) is 32.5 Å². The lowest BCUT2D eigenvalue weighted by Crippen LogP contribution is -2.51. The van der Waals surface area contributed by atoms with Crippen molar-refractivity contribution >= 4 is 119 Å². The zero-order chi connectivity index (χ0) is 112. The van der Waals surface area contributed by atoms with Gasteiger partial charge in [0, 0.05) is 129 Å². The number of rotatable bonds is 24. The fourth-order valence-corrected chi connectivity index (χ4v) is 16.0. The molecular weight excluding hydrogens is 1920 g/mol. The first-order chi connectivity index (χ1) is 68.2. The summed E-state index contributed by atoms with van der Waals surface area (Å²) in [5.74, 6) is -5.26. The van der Waals surface area contributed by atoms with Crippen LogP contribution in [0.25, 0.3) is 0 Å². The highest BCUT2D eigenvalue weighted by molar-refractivity contribution is 6.29. The molecule has 37 heteroatoms. The summed E-state index contributed by atoms with van der Waals surface area (Å²) in [5, 5.41) is 0.148. The predicted molar refractivity (Wildman–Crippen MR) is 551 cm³/mol. The molecule has 6 aliphatic rings. The summed E-state index contributed by atoms with van der Waals surface area (Å²) in [6.45, 7) is 62.9. The average molecular weight is 2080 g/mol. The van der Waals surface area contributed by atoms with Crippen LogP contribution in [0.1, 0.15) is 240 Å². The van der Waals surface area contributed by atoms with Gasteiger partial charge in [-0.3, -0.25) is 57.5 Å². The number of ketones is 6. The molecular formula is C110H159ClN6O30. The number of hydrogen-bond donors (Lipinski definition) is 0. The third-order valence-electron chi connectivity index (χ3n) is 23.0. The van der Waals surface area contributed by atoms with Crippen LogP contribution in [0.3, 0.4) is 0 Å². The summed E-state index contributed by atoms with van der Waals surface area (Å²) < 4.78 is 63.2. The summed E-state index contributed by atoms with van der Waals surface area (Å²) in [4.78, 5) is 234. The number of Topliss-reactive ketones (excluding diaryl/α,β-unsaturated/α-hetero) is 6. The summed E-state index contributed by atoms with van der Waals surface area (Å²) >= 11 is 5.92. The van der Waals surface area contributed by atoms with E-state index in [0.29, 0.717) is 77.8 Å². The van der Waals surface area contributed by atoms with Gasteiger partial charge >= 0.3 is 72.4 Å². The molecule has 6 atom stereocenters. The minimum Gasteiger partial charge on any atom is -0.461 e. The van der Waals surface area contributed by atoms with Gasteiger partial charge in [0.25, 0.3) is 0 Å². The van der Waals surface area contributed by atoms with Crippen LogP contribution in [0.2, 0.25) is 0 Å². The first-order valence-electron chi connectivity index (χ1n) is 49.3. The molecule has 6 amide bonds. The summed E-state index contributed by atoms with van der Waals surface area (Å²) in [7, 11) is 0. The van der Waals surface area contributed by atoms with E-state index < -0.39 is 138 Å². The van der Waals surface area contributed by atoms with Gasteiger partial charge in [-0.2, -0.15) is 0 Å². The quantitative estimate of drug-likeness (QED) is 0.0407. The minimum atomic E-state index is -1.57. The molecule has 2 aromatic rings. The molecule has 6 fully saturated rings.